The minimum atomic E-state index is -0.125. The maximum Gasteiger partial charge on any atom is 0.307 e. The Morgan fingerprint density at radius 3 is 2.29 bits per heavy atom. The zero-order valence-electron chi connectivity index (χ0n) is 10.0. The van der Waals surface area contributed by atoms with E-state index in [1.54, 1.807) is 0 Å². The van der Waals surface area contributed by atoms with Crippen molar-refractivity contribution in [1.29, 1.82) is 0 Å². The molecule has 3 heteroatoms. The van der Waals surface area contributed by atoms with Crippen molar-refractivity contribution in [2.45, 2.75) is 40.2 Å². The van der Waals surface area contributed by atoms with E-state index in [1.165, 1.54) is 7.11 Å². The van der Waals surface area contributed by atoms with Gasteiger partial charge in [0, 0.05) is 12.6 Å². The zero-order chi connectivity index (χ0) is 11.1. The maximum atomic E-state index is 11.1. The predicted octanol–water partition coefficient (Wildman–Crippen LogP) is 1.92. The van der Waals surface area contributed by atoms with Gasteiger partial charge >= 0.3 is 5.97 Å². The van der Waals surface area contributed by atoms with Gasteiger partial charge in [-0.3, -0.25) is 4.79 Å². The molecular weight excluding hydrogens is 178 g/mol. The van der Waals surface area contributed by atoms with Crippen LogP contribution in [-0.2, 0) is 9.53 Å². The summed E-state index contributed by atoms with van der Waals surface area (Å²) < 4.78 is 4.65. The van der Waals surface area contributed by atoms with E-state index in [1.807, 2.05) is 0 Å². The zero-order valence-corrected chi connectivity index (χ0v) is 10.0. The molecule has 14 heavy (non-hydrogen) atoms. The maximum absolute atomic E-state index is 11.1. The second-order valence-corrected chi connectivity index (χ2v) is 4.11. The average Bonchev–Trinajstić information content (AvgIpc) is 2.13. The quantitative estimate of drug-likeness (QED) is 0.615. The summed E-state index contributed by atoms with van der Waals surface area (Å²) in [5.41, 5.74) is 0. The standard InChI is InChI=1S/C11H23NO2/c1-6-12(8-9(2)3)10(4)7-11(13)14-5/h9-10H,6-8H2,1-5H3. The Labute approximate surface area is 87.4 Å². The summed E-state index contributed by atoms with van der Waals surface area (Å²) in [7, 11) is 1.44. The molecule has 0 N–H and O–H groups in total. The Morgan fingerprint density at radius 2 is 1.93 bits per heavy atom. The van der Waals surface area contributed by atoms with Crippen molar-refractivity contribution in [3.05, 3.63) is 0 Å². The summed E-state index contributed by atoms with van der Waals surface area (Å²) in [5, 5.41) is 0. The molecular formula is C11H23NO2. The van der Waals surface area contributed by atoms with Crippen molar-refractivity contribution in [1.82, 2.24) is 4.90 Å². The van der Waals surface area contributed by atoms with E-state index in [-0.39, 0.29) is 12.0 Å². The Bertz CT molecular complexity index is 169. The summed E-state index contributed by atoms with van der Waals surface area (Å²) in [5.74, 6) is 0.509. The van der Waals surface area contributed by atoms with Gasteiger partial charge in [0.05, 0.1) is 13.5 Å². The van der Waals surface area contributed by atoms with Gasteiger partial charge in [0.25, 0.3) is 0 Å². The number of carbonyl (C=O) groups excluding carboxylic acids is 1. The van der Waals surface area contributed by atoms with Crippen LogP contribution in [-0.4, -0.2) is 37.1 Å². The van der Waals surface area contributed by atoms with Crippen LogP contribution in [0.5, 0.6) is 0 Å². The minimum absolute atomic E-state index is 0.125. The number of esters is 1. The highest BCUT2D eigenvalue weighted by molar-refractivity contribution is 5.69. The fraction of sp³-hybridized carbons (Fsp3) is 0.909. The molecule has 0 heterocycles. The van der Waals surface area contributed by atoms with Gasteiger partial charge < -0.3 is 9.64 Å². The van der Waals surface area contributed by atoms with Crippen molar-refractivity contribution in [3.8, 4) is 0 Å². The van der Waals surface area contributed by atoms with Crippen LogP contribution in [0.1, 0.15) is 34.1 Å². The third kappa shape index (κ3) is 5.22. The summed E-state index contributed by atoms with van der Waals surface area (Å²) in [6, 6.07) is 0.273. The van der Waals surface area contributed by atoms with Crippen LogP contribution in [0, 0.1) is 5.92 Å². The first-order chi connectivity index (χ1) is 6.51. The van der Waals surface area contributed by atoms with Crippen LogP contribution in [0.4, 0.5) is 0 Å². The molecule has 0 aromatic rings. The second-order valence-electron chi connectivity index (χ2n) is 4.11. The van der Waals surface area contributed by atoms with Gasteiger partial charge in [-0.05, 0) is 19.4 Å². The van der Waals surface area contributed by atoms with E-state index >= 15 is 0 Å². The lowest BCUT2D eigenvalue weighted by Crippen LogP contribution is -2.37. The van der Waals surface area contributed by atoms with Crippen molar-refractivity contribution in [3.63, 3.8) is 0 Å². The van der Waals surface area contributed by atoms with Crippen molar-refractivity contribution in [2.24, 2.45) is 5.92 Å². The van der Waals surface area contributed by atoms with Gasteiger partial charge in [-0.25, -0.2) is 0 Å². The van der Waals surface area contributed by atoms with Crippen LogP contribution in [0.3, 0.4) is 0 Å². The fourth-order valence-corrected chi connectivity index (χ4v) is 1.54. The molecule has 0 fully saturated rings. The average molecular weight is 201 g/mol. The molecule has 0 aliphatic rings. The highest BCUT2D eigenvalue weighted by Crippen LogP contribution is 2.07. The number of hydrogen-bond donors (Lipinski definition) is 0. The van der Waals surface area contributed by atoms with Crippen molar-refractivity contribution < 1.29 is 9.53 Å². The monoisotopic (exact) mass is 201 g/mol. The Hall–Kier alpha value is -0.570. The molecule has 0 radical (unpaired) electrons. The van der Waals surface area contributed by atoms with Gasteiger partial charge in [0.2, 0.25) is 0 Å². The van der Waals surface area contributed by atoms with Crippen LogP contribution >= 0.6 is 0 Å². The molecule has 0 aromatic heterocycles. The summed E-state index contributed by atoms with van der Waals surface area (Å²) in [4.78, 5) is 13.4. The molecule has 0 saturated heterocycles. The highest BCUT2D eigenvalue weighted by Gasteiger charge is 2.16. The normalized spacial score (nSPS) is 13.4. The van der Waals surface area contributed by atoms with E-state index < -0.39 is 0 Å². The van der Waals surface area contributed by atoms with E-state index in [0.29, 0.717) is 12.3 Å². The van der Waals surface area contributed by atoms with Gasteiger partial charge in [-0.2, -0.15) is 0 Å². The topological polar surface area (TPSA) is 29.5 Å². The summed E-state index contributed by atoms with van der Waals surface area (Å²) >= 11 is 0. The second kappa shape index (κ2) is 6.82. The van der Waals surface area contributed by atoms with Gasteiger partial charge in [-0.1, -0.05) is 20.8 Å². The SMILES string of the molecule is CCN(CC(C)C)C(C)CC(=O)OC. The fourth-order valence-electron chi connectivity index (χ4n) is 1.54. The Kier molecular flexibility index (Phi) is 6.54. The smallest absolute Gasteiger partial charge is 0.307 e. The van der Waals surface area contributed by atoms with Crippen LogP contribution in [0.2, 0.25) is 0 Å². The van der Waals surface area contributed by atoms with Crippen molar-refractivity contribution in [2.75, 3.05) is 20.2 Å². The van der Waals surface area contributed by atoms with E-state index in [4.69, 9.17) is 0 Å². The number of carbonyl (C=O) groups is 1. The third-order valence-corrected chi connectivity index (χ3v) is 2.32. The number of methoxy groups -OCH3 is 1. The largest absolute Gasteiger partial charge is 0.469 e. The van der Waals surface area contributed by atoms with E-state index in [9.17, 15) is 4.79 Å². The molecule has 0 bridgehead atoms. The van der Waals surface area contributed by atoms with Gasteiger partial charge in [-0.15, -0.1) is 0 Å². The van der Waals surface area contributed by atoms with Crippen LogP contribution in [0.25, 0.3) is 0 Å². The molecule has 0 aliphatic heterocycles. The first-order valence-electron chi connectivity index (χ1n) is 5.32. The van der Waals surface area contributed by atoms with Crippen molar-refractivity contribution >= 4 is 5.97 Å². The molecule has 0 aliphatic carbocycles. The molecule has 0 saturated carbocycles. The highest BCUT2D eigenvalue weighted by atomic mass is 16.5. The van der Waals surface area contributed by atoms with Crippen LogP contribution < -0.4 is 0 Å². The molecule has 0 spiro atoms. The van der Waals surface area contributed by atoms with Gasteiger partial charge in [0.15, 0.2) is 0 Å². The van der Waals surface area contributed by atoms with Crippen LogP contribution in [0.15, 0.2) is 0 Å². The molecule has 0 amide bonds. The molecule has 3 nitrogen and oxygen atoms in total. The Balaban J connectivity index is 4.03. The Morgan fingerprint density at radius 1 is 1.36 bits per heavy atom. The van der Waals surface area contributed by atoms with E-state index in [0.717, 1.165) is 13.1 Å². The minimum Gasteiger partial charge on any atom is -0.469 e. The van der Waals surface area contributed by atoms with Gasteiger partial charge in [0.1, 0.15) is 0 Å². The third-order valence-electron chi connectivity index (χ3n) is 2.32. The molecule has 1 atom stereocenters. The first kappa shape index (κ1) is 13.4. The lowest BCUT2D eigenvalue weighted by Gasteiger charge is -2.28. The summed E-state index contributed by atoms with van der Waals surface area (Å²) in [6.07, 6.45) is 0.483. The number of nitrogens with zero attached hydrogens (tertiary/aromatic N) is 1. The molecule has 0 rings (SSSR count). The molecule has 84 valence electrons. The molecule has 1 unspecified atom stereocenters. The predicted molar refractivity (Wildman–Crippen MR) is 58.2 cm³/mol. The lowest BCUT2D eigenvalue weighted by molar-refractivity contribution is -0.141. The van der Waals surface area contributed by atoms with E-state index in [2.05, 4.69) is 37.3 Å². The number of ether oxygens (including phenoxy) is 1. The number of rotatable bonds is 6. The lowest BCUT2D eigenvalue weighted by atomic mass is 10.1. The summed E-state index contributed by atoms with van der Waals surface area (Å²) in [6.45, 7) is 10.6. The first-order valence-corrected chi connectivity index (χ1v) is 5.32. The molecule has 0 aromatic carbocycles. The number of hydrogen-bond acceptors (Lipinski definition) is 3.